The highest BCUT2D eigenvalue weighted by Crippen LogP contribution is 2.21. The van der Waals surface area contributed by atoms with Crippen LogP contribution in [-0.4, -0.2) is 32.0 Å². The maximum absolute atomic E-state index is 11.7. The van der Waals surface area contributed by atoms with Crippen molar-refractivity contribution in [3.05, 3.63) is 0 Å². The number of halogens is 3. The van der Waals surface area contributed by atoms with Crippen LogP contribution in [0, 0.1) is 0 Å². The van der Waals surface area contributed by atoms with Crippen LogP contribution in [0.2, 0.25) is 0 Å². The predicted octanol–water partition coefficient (Wildman–Crippen LogP) is 2.88. The molecule has 0 aromatic heterocycles. The molecule has 0 aromatic carbocycles. The monoisotopic (exact) mass is 239 g/mol. The van der Waals surface area contributed by atoms with Gasteiger partial charge in [0.1, 0.15) is 0 Å². The second-order valence-corrected chi connectivity index (χ2v) is 4.27. The van der Waals surface area contributed by atoms with Gasteiger partial charge in [0.05, 0.1) is 0 Å². The van der Waals surface area contributed by atoms with Crippen molar-refractivity contribution < 1.29 is 17.9 Å². The first-order valence-electron chi connectivity index (χ1n) is 5.96. The van der Waals surface area contributed by atoms with Gasteiger partial charge in [-0.25, -0.2) is 0 Å². The summed E-state index contributed by atoms with van der Waals surface area (Å²) in [6.45, 7) is 1.79. The maximum Gasteiger partial charge on any atom is 0.389 e. The fourth-order valence-corrected chi connectivity index (χ4v) is 1.40. The van der Waals surface area contributed by atoms with Gasteiger partial charge in [-0.05, 0) is 38.6 Å². The first-order chi connectivity index (χ1) is 7.58. The summed E-state index contributed by atoms with van der Waals surface area (Å²) < 4.78 is 40.4. The molecule has 1 rings (SSSR count). The van der Waals surface area contributed by atoms with Crippen molar-refractivity contribution in [2.24, 2.45) is 0 Å². The van der Waals surface area contributed by atoms with E-state index in [2.05, 4.69) is 5.32 Å². The quantitative estimate of drug-likeness (QED) is 0.625. The van der Waals surface area contributed by atoms with Gasteiger partial charge in [-0.2, -0.15) is 13.2 Å². The Morgan fingerprint density at radius 3 is 2.38 bits per heavy atom. The zero-order chi connectivity index (χ0) is 11.9. The smallest absolute Gasteiger partial charge is 0.381 e. The normalized spacial score (nSPS) is 16.7. The summed E-state index contributed by atoms with van der Waals surface area (Å²) in [4.78, 5) is 0. The van der Waals surface area contributed by atoms with Crippen LogP contribution in [-0.2, 0) is 4.74 Å². The molecule has 0 radical (unpaired) electrons. The minimum Gasteiger partial charge on any atom is -0.381 e. The third kappa shape index (κ3) is 8.97. The summed E-state index contributed by atoms with van der Waals surface area (Å²) in [6.07, 6.45) is -0.180. The lowest BCUT2D eigenvalue weighted by atomic mass is 10.3. The third-order valence-corrected chi connectivity index (χ3v) is 2.47. The van der Waals surface area contributed by atoms with Crippen LogP contribution in [0.4, 0.5) is 13.2 Å². The average Bonchev–Trinajstić information content (AvgIpc) is 2.97. The SMILES string of the molecule is FC(F)(F)CCCOCCCCNC1CC1. The van der Waals surface area contributed by atoms with Crippen molar-refractivity contribution in [2.45, 2.75) is 50.7 Å². The Morgan fingerprint density at radius 2 is 1.75 bits per heavy atom. The molecule has 0 heterocycles. The van der Waals surface area contributed by atoms with Crippen LogP contribution in [0.15, 0.2) is 0 Å². The molecule has 0 amide bonds. The van der Waals surface area contributed by atoms with Crippen molar-refractivity contribution in [1.82, 2.24) is 5.32 Å². The van der Waals surface area contributed by atoms with E-state index in [9.17, 15) is 13.2 Å². The van der Waals surface area contributed by atoms with E-state index in [0.717, 1.165) is 25.4 Å². The van der Waals surface area contributed by atoms with E-state index in [0.29, 0.717) is 6.61 Å². The summed E-state index contributed by atoms with van der Waals surface area (Å²) in [7, 11) is 0. The fraction of sp³-hybridized carbons (Fsp3) is 1.00. The molecule has 5 heteroatoms. The van der Waals surface area contributed by atoms with E-state index < -0.39 is 12.6 Å². The number of nitrogens with one attached hydrogen (secondary N) is 1. The molecule has 96 valence electrons. The molecule has 0 aliphatic heterocycles. The van der Waals surface area contributed by atoms with Crippen LogP contribution >= 0.6 is 0 Å². The Kier molecular flexibility index (Phi) is 6.13. The molecular weight excluding hydrogens is 219 g/mol. The molecule has 2 nitrogen and oxygen atoms in total. The Balaban J connectivity index is 1.70. The minimum atomic E-state index is -4.04. The van der Waals surface area contributed by atoms with Gasteiger partial charge in [0.25, 0.3) is 0 Å². The van der Waals surface area contributed by atoms with Gasteiger partial charge in [0, 0.05) is 25.7 Å². The second-order valence-electron chi connectivity index (χ2n) is 4.27. The number of alkyl halides is 3. The van der Waals surface area contributed by atoms with E-state index >= 15 is 0 Å². The Labute approximate surface area is 94.5 Å². The van der Waals surface area contributed by atoms with Gasteiger partial charge < -0.3 is 10.1 Å². The van der Waals surface area contributed by atoms with Crippen LogP contribution in [0.25, 0.3) is 0 Å². The minimum absolute atomic E-state index is 0.0732. The largest absolute Gasteiger partial charge is 0.389 e. The standard InChI is InChI=1S/C11H20F3NO/c12-11(13,14)6-3-9-16-8-2-1-7-15-10-4-5-10/h10,15H,1-9H2. The molecule has 16 heavy (non-hydrogen) atoms. The molecule has 0 aromatic rings. The van der Waals surface area contributed by atoms with E-state index in [1.165, 1.54) is 12.8 Å². The maximum atomic E-state index is 11.7. The highest BCUT2D eigenvalue weighted by Gasteiger charge is 2.25. The molecule has 1 N–H and O–H groups in total. The zero-order valence-corrected chi connectivity index (χ0v) is 9.48. The van der Waals surface area contributed by atoms with Gasteiger partial charge >= 0.3 is 6.18 Å². The molecule has 0 saturated heterocycles. The summed E-state index contributed by atoms with van der Waals surface area (Å²) in [6, 6.07) is 0.729. The Hall–Kier alpha value is -0.290. The molecule has 1 aliphatic carbocycles. The van der Waals surface area contributed by atoms with Crippen LogP contribution in [0.5, 0.6) is 0 Å². The molecule has 0 bridgehead atoms. The number of hydrogen-bond acceptors (Lipinski definition) is 2. The van der Waals surface area contributed by atoms with Gasteiger partial charge in [-0.1, -0.05) is 0 Å². The van der Waals surface area contributed by atoms with Crippen molar-refractivity contribution in [2.75, 3.05) is 19.8 Å². The van der Waals surface area contributed by atoms with E-state index in [1.807, 2.05) is 0 Å². The first-order valence-corrected chi connectivity index (χ1v) is 5.96. The molecule has 0 atom stereocenters. The summed E-state index contributed by atoms with van der Waals surface area (Å²) >= 11 is 0. The number of rotatable bonds is 9. The number of ether oxygens (including phenoxy) is 1. The molecule has 1 aliphatic rings. The molecule has 1 fully saturated rings. The van der Waals surface area contributed by atoms with Gasteiger partial charge in [0.2, 0.25) is 0 Å². The van der Waals surface area contributed by atoms with Gasteiger partial charge in [-0.15, -0.1) is 0 Å². The summed E-state index contributed by atoms with van der Waals surface area (Å²) in [5, 5.41) is 3.37. The summed E-state index contributed by atoms with van der Waals surface area (Å²) in [5.74, 6) is 0. The predicted molar refractivity (Wildman–Crippen MR) is 56.4 cm³/mol. The lowest BCUT2D eigenvalue weighted by Crippen LogP contribution is -2.17. The number of hydrogen-bond donors (Lipinski definition) is 1. The van der Waals surface area contributed by atoms with Crippen molar-refractivity contribution in [3.63, 3.8) is 0 Å². The topological polar surface area (TPSA) is 21.3 Å². The zero-order valence-electron chi connectivity index (χ0n) is 9.48. The molecular formula is C11H20F3NO. The molecule has 1 saturated carbocycles. The summed E-state index contributed by atoms with van der Waals surface area (Å²) in [5.41, 5.74) is 0. The highest BCUT2D eigenvalue weighted by molar-refractivity contribution is 4.80. The fourth-order valence-electron chi connectivity index (χ4n) is 1.40. The molecule has 0 unspecified atom stereocenters. The lowest BCUT2D eigenvalue weighted by molar-refractivity contribution is -0.137. The Morgan fingerprint density at radius 1 is 1.06 bits per heavy atom. The van der Waals surface area contributed by atoms with Crippen LogP contribution < -0.4 is 5.32 Å². The Bertz CT molecular complexity index is 181. The van der Waals surface area contributed by atoms with Crippen LogP contribution in [0.3, 0.4) is 0 Å². The second kappa shape index (κ2) is 7.12. The lowest BCUT2D eigenvalue weighted by Gasteiger charge is -2.07. The average molecular weight is 239 g/mol. The van der Waals surface area contributed by atoms with E-state index in [-0.39, 0.29) is 13.0 Å². The first kappa shape index (κ1) is 13.8. The van der Waals surface area contributed by atoms with Gasteiger partial charge in [0.15, 0.2) is 0 Å². The number of unbranched alkanes of at least 4 members (excludes halogenated alkanes) is 1. The van der Waals surface area contributed by atoms with E-state index in [4.69, 9.17) is 4.74 Å². The van der Waals surface area contributed by atoms with Crippen LogP contribution in [0.1, 0.15) is 38.5 Å². The van der Waals surface area contributed by atoms with Crippen molar-refractivity contribution in [3.8, 4) is 0 Å². The van der Waals surface area contributed by atoms with Crippen molar-refractivity contribution in [1.29, 1.82) is 0 Å². The highest BCUT2D eigenvalue weighted by atomic mass is 19.4. The van der Waals surface area contributed by atoms with Gasteiger partial charge in [-0.3, -0.25) is 0 Å². The third-order valence-electron chi connectivity index (χ3n) is 2.47. The van der Waals surface area contributed by atoms with E-state index in [1.54, 1.807) is 0 Å². The molecule has 0 spiro atoms. The van der Waals surface area contributed by atoms with Crippen molar-refractivity contribution >= 4 is 0 Å².